The van der Waals surface area contributed by atoms with Gasteiger partial charge in [0, 0.05) is 14.0 Å². The quantitative estimate of drug-likeness (QED) is 0.840. The number of amides is 1. The van der Waals surface area contributed by atoms with Crippen molar-refractivity contribution in [2.75, 3.05) is 5.32 Å². The van der Waals surface area contributed by atoms with Gasteiger partial charge in [-0.1, -0.05) is 11.6 Å². The summed E-state index contributed by atoms with van der Waals surface area (Å²) in [6.45, 7) is 0. The molecule has 17 heavy (non-hydrogen) atoms. The predicted octanol–water partition coefficient (Wildman–Crippen LogP) is 3.24. The summed E-state index contributed by atoms with van der Waals surface area (Å²) in [6.07, 6.45) is 1.34. The van der Waals surface area contributed by atoms with Crippen molar-refractivity contribution in [2.24, 2.45) is 0 Å². The molecular weight excluding hydrogens is 375 g/mol. The van der Waals surface area contributed by atoms with E-state index in [1.54, 1.807) is 12.1 Å². The molecule has 5 nitrogen and oxygen atoms in total. The van der Waals surface area contributed by atoms with Gasteiger partial charge in [-0.15, -0.1) is 0 Å². The van der Waals surface area contributed by atoms with Gasteiger partial charge in [0.15, 0.2) is 5.69 Å². The van der Waals surface area contributed by atoms with Gasteiger partial charge in [-0.25, -0.2) is 0 Å². The van der Waals surface area contributed by atoms with Crippen LogP contribution < -0.4 is 5.32 Å². The molecule has 0 unspecified atom stereocenters. The van der Waals surface area contributed by atoms with Gasteiger partial charge in [-0.05, 0) is 44.0 Å². The van der Waals surface area contributed by atoms with Crippen LogP contribution in [0.15, 0.2) is 27.3 Å². The SMILES string of the molecule is O=C(Nc1c(Br)cc(Cl)cc1Br)c1cn[nH]n1. The highest BCUT2D eigenvalue weighted by atomic mass is 79.9. The Morgan fingerprint density at radius 1 is 1.35 bits per heavy atom. The Balaban J connectivity index is 2.28. The largest absolute Gasteiger partial charge is 0.319 e. The number of benzene rings is 1. The van der Waals surface area contributed by atoms with Crippen molar-refractivity contribution in [1.29, 1.82) is 0 Å². The number of carbonyl (C=O) groups excluding carboxylic acids is 1. The van der Waals surface area contributed by atoms with Crippen molar-refractivity contribution in [2.45, 2.75) is 0 Å². The molecule has 0 spiro atoms. The minimum absolute atomic E-state index is 0.207. The zero-order valence-corrected chi connectivity index (χ0v) is 12.1. The van der Waals surface area contributed by atoms with Gasteiger partial charge >= 0.3 is 0 Å². The number of nitrogens with one attached hydrogen (secondary N) is 2. The summed E-state index contributed by atoms with van der Waals surface area (Å²) >= 11 is 12.5. The van der Waals surface area contributed by atoms with Gasteiger partial charge in [0.2, 0.25) is 0 Å². The van der Waals surface area contributed by atoms with Crippen LogP contribution in [0.4, 0.5) is 5.69 Å². The summed E-state index contributed by atoms with van der Waals surface area (Å²) in [5.74, 6) is -0.359. The van der Waals surface area contributed by atoms with E-state index in [2.05, 4.69) is 52.6 Å². The first kappa shape index (κ1) is 12.5. The smallest absolute Gasteiger partial charge is 0.277 e. The van der Waals surface area contributed by atoms with Crippen LogP contribution in [0.5, 0.6) is 0 Å². The van der Waals surface area contributed by atoms with Gasteiger partial charge < -0.3 is 5.32 Å². The lowest BCUT2D eigenvalue weighted by Crippen LogP contribution is -2.13. The maximum absolute atomic E-state index is 11.8. The van der Waals surface area contributed by atoms with Gasteiger partial charge in [-0.2, -0.15) is 15.4 Å². The molecule has 0 aliphatic carbocycles. The molecule has 0 aliphatic heterocycles. The van der Waals surface area contributed by atoms with Crippen molar-refractivity contribution in [3.05, 3.63) is 38.0 Å². The van der Waals surface area contributed by atoms with E-state index in [1.807, 2.05) is 0 Å². The van der Waals surface area contributed by atoms with Gasteiger partial charge in [-0.3, -0.25) is 4.79 Å². The third-order valence-electron chi connectivity index (χ3n) is 1.89. The zero-order valence-electron chi connectivity index (χ0n) is 8.17. The first-order valence-corrected chi connectivity index (χ1v) is 6.36. The molecule has 0 fully saturated rings. The Kier molecular flexibility index (Phi) is 3.80. The number of aromatic nitrogens is 3. The molecule has 8 heteroatoms. The fourth-order valence-corrected chi connectivity index (χ4v) is 3.02. The number of H-pyrrole nitrogens is 1. The Labute approximate surface area is 118 Å². The highest BCUT2D eigenvalue weighted by molar-refractivity contribution is 9.11. The molecule has 1 aromatic heterocycles. The molecule has 1 amide bonds. The number of hydrogen-bond acceptors (Lipinski definition) is 3. The number of nitrogens with zero attached hydrogens (tertiary/aromatic N) is 2. The second kappa shape index (κ2) is 5.16. The molecule has 0 saturated heterocycles. The molecular formula is C9H5Br2ClN4O. The van der Waals surface area contributed by atoms with E-state index < -0.39 is 0 Å². The van der Waals surface area contributed by atoms with Crippen LogP contribution in [0.25, 0.3) is 0 Å². The lowest BCUT2D eigenvalue weighted by Gasteiger charge is -2.08. The molecule has 1 aromatic carbocycles. The molecule has 0 atom stereocenters. The number of halogens is 3. The number of hydrogen-bond donors (Lipinski definition) is 2. The summed E-state index contributed by atoms with van der Waals surface area (Å²) in [6, 6.07) is 3.37. The second-order valence-corrected chi connectivity index (χ2v) is 5.20. The highest BCUT2D eigenvalue weighted by Gasteiger charge is 2.13. The molecule has 1 heterocycles. The van der Waals surface area contributed by atoms with Crippen LogP contribution in [0.3, 0.4) is 0 Å². The van der Waals surface area contributed by atoms with Crippen LogP contribution in [0.2, 0.25) is 5.02 Å². The van der Waals surface area contributed by atoms with Gasteiger partial charge in [0.1, 0.15) is 0 Å². The maximum atomic E-state index is 11.8. The molecule has 2 aromatic rings. The molecule has 0 saturated carbocycles. The van der Waals surface area contributed by atoms with E-state index >= 15 is 0 Å². The summed E-state index contributed by atoms with van der Waals surface area (Å²) in [4.78, 5) is 11.8. The summed E-state index contributed by atoms with van der Waals surface area (Å²) in [7, 11) is 0. The molecule has 0 aliphatic rings. The van der Waals surface area contributed by atoms with Crippen molar-refractivity contribution >= 4 is 55.1 Å². The fourth-order valence-electron chi connectivity index (χ4n) is 1.15. The number of rotatable bonds is 2. The predicted molar refractivity (Wildman–Crippen MR) is 71.2 cm³/mol. The Hall–Kier alpha value is -0.920. The van der Waals surface area contributed by atoms with Gasteiger partial charge in [0.05, 0.1) is 11.9 Å². The van der Waals surface area contributed by atoms with Crippen LogP contribution >= 0.6 is 43.5 Å². The Morgan fingerprint density at radius 3 is 2.53 bits per heavy atom. The Bertz CT molecular complexity index is 535. The van der Waals surface area contributed by atoms with Crippen molar-refractivity contribution in [1.82, 2.24) is 15.4 Å². The maximum Gasteiger partial charge on any atom is 0.277 e. The molecule has 0 radical (unpaired) electrons. The number of aromatic amines is 1. The van der Waals surface area contributed by atoms with Gasteiger partial charge in [0.25, 0.3) is 5.91 Å². The minimum atomic E-state index is -0.359. The van der Waals surface area contributed by atoms with E-state index in [-0.39, 0.29) is 11.6 Å². The average Bonchev–Trinajstić information content (AvgIpc) is 2.76. The standard InChI is InChI=1S/C9H5Br2ClN4O/c10-5-1-4(12)2-6(11)8(5)14-9(17)7-3-13-16-15-7/h1-3H,(H,14,17)(H,13,15,16). The summed E-state index contributed by atoms with van der Waals surface area (Å²) in [5, 5.41) is 12.9. The topological polar surface area (TPSA) is 70.7 Å². The van der Waals surface area contributed by atoms with Crippen molar-refractivity contribution in [3.8, 4) is 0 Å². The molecule has 2 N–H and O–H groups in total. The third-order valence-corrected chi connectivity index (χ3v) is 3.36. The summed E-state index contributed by atoms with van der Waals surface area (Å²) < 4.78 is 1.35. The van der Waals surface area contributed by atoms with Crippen LogP contribution in [-0.4, -0.2) is 21.3 Å². The summed E-state index contributed by atoms with van der Waals surface area (Å²) in [5.41, 5.74) is 0.793. The molecule has 2 rings (SSSR count). The van der Waals surface area contributed by atoms with Crippen LogP contribution in [0.1, 0.15) is 10.5 Å². The minimum Gasteiger partial charge on any atom is -0.319 e. The molecule has 0 bridgehead atoms. The lowest BCUT2D eigenvalue weighted by atomic mass is 10.3. The normalized spacial score (nSPS) is 10.3. The van der Waals surface area contributed by atoms with Crippen LogP contribution in [0, 0.1) is 0 Å². The highest BCUT2D eigenvalue weighted by Crippen LogP contribution is 2.34. The van der Waals surface area contributed by atoms with E-state index in [0.29, 0.717) is 19.7 Å². The molecule has 88 valence electrons. The van der Waals surface area contributed by atoms with Crippen molar-refractivity contribution < 1.29 is 4.79 Å². The van der Waals surface area contributed by atoms with Crippen molar-refractivity contribution in [3.63, 3.8) is 0 Å². The lowest BCUT2D eigenvalue weighted by molar-refractivity contribution is 0.102. The van der Waals surface area contributed by atoms with E-state index in [0.717, 1.165) is 0 Å². The second-order valence-electron chi connectivity index (χ2n) is 3.05. The third kappa shape index (κ3) is 2.85. The van der Waals surface area contributed by atoms with Crippen LogP contribution in [-0.2, 0) is 0 Å². The first-order chi connectivity index (χ1) is 8.08. The monoisotopic (exact) mass is 378 g/mol. The van der Waals surface area contributed by atoms with E-state index in [9.17, 15) is 4.79 Å². The average molecular weight is 380 g/mol. The number of anilines is 1. The van der Waals surface area contributed by atoms with E-state index in [4.69, 9.17) is 11.6 Å². The van der Waals surface area contributed by atoms with E-state index in [1.165, 1.54) is 6.20 Å². The number of carbonyl (C=O) groups is 1. The Morgan fingerprint density at radius 2 is 2.00 bits per heavy atom. The zero-order chi connectivity index (χ0) is 12.4. The first-order valence-electron chi connectivity index (χ1n) is 4.39. The fraction of sp³-hybridized carbons (Fsp3) is 0.